The molecular formula is C14H16N4O2. The van der Waals surface area contributed by atoms with Crippen LogP contribution in [0.15, 0.2) is 30.3 Å². The second-order valence-electron chi connectivity index (χ2n) is 4.36. The average molecular weight is 272 g/mol. The third-order valence-corrected chi connectivity index (χ3v) is 2.74. The third kappa shape index (κ3) is 3.44. The van der Waals surface area contributed by atoms with Gasteiger partial charge in [-0.15, -0.1) is 10.2 Å². The van der Waals surface area contributed by atoms with Crippen LogP contribution in [-0.4, -0.2) is 23.4 Å². The summed E-state index contributed by atoms with van der Waals surface area (Å²) in [6.07, 6.45) is -0.575. The van der Waals surface area contributed by atoms with Crippen molar-refractivity contribution in [3.8, 4) is 0 Å². The fraction of sp³-hybridized carbons (Fsp3) is 0.214. The fourth-order valence-corrected chi connectivity index (χ4v) is 1.63. The topological polar surface area (TPSA) is 76.1 Å². The molecule has 2 rings (SSSR count). The van der Waals surface area contributed by atoms with Gasteiger partial charge in [0.1, 0.15) is 0 Å². The molecule has 0 spiro atoms. The highest BCUT2D eigenvalue weighted by molar-refractivity contribution is 5.83. The van der Waals surface area contributed by atoms with Gasteiger partial charge in [-0.25, -0.2) is 4.79 Å². The van der Waals surface area contributed by atoms with Gasteiger partial charge in [0.25, 0.3) is 0 Å². The molecule has 0 atom stereocenters. The Hall–Kier alpha value is -2.63. The number of hydrogen-bond donors (Lipinski definition) is 2. The summed E-state index contributed by atoms with van der Waals surface area (Å²) in [7, 11) is 1.29. The number of aromatic nitrogens is 2. The van der Waals surface area contributed by atoms with Crippen LogP contribution in [0.4, 0.5) is 22.1 Å². The lowest BCUT2D eigenvalue weighted by Gasteiger charge is -2.09. The smallest absolute Gasteiger partial charge is 0.412 e. The minimum absolute atomic E-state index is 0.336. The van der Waals surface area contributed by atoms with Crippen LogP contribution < -0.4 is 10.6 Å². The van der Waals surface area contributed by atoms with Gasteiger partial charge in [0, 0.05) is 5.69 Å². The Bertz CT molecular complexity index is 611. The lowest BCUT2D eigenvalue weighted by Crippen LogP contribution is -2.12. The lowest BCUT2D eigenvalue weighted by molar-refractivity contribution is 0.187. The molecule has 6 heteroatoms. The van der Waals surface area contributed by atoms with Gasteiger partial charge in [-0.05, 0) is 43.2 Å². The first-order valence-corrected chi connectivity index (χ1v) is 6.11. The van der Waals surface area contributed by atoms with Crippen molar-refractivity contribution in [2.75, 3.05) is 17.7 Å². The van der Waals surface area contributed by atoms with Crippen molar-refractivity contribution in [2.45, 2.75) is 13.8 Å². The third-order valence-electron chi connectivity index (χ3n) is 2.74. The minimum Gasteiger partial charge on any atom is -0.453 e. The summed E-state index contributed by atoms with van der Waals surface area (Å²) in [5, 5.41) is 13.5. The summed E-state index contributed by atoms with van der Waals surface area (Å²) in [4.78, 5) is 11.0. The molecule has 0 fully saturated rings. The molecule has 0 saturated carbocycles. The molecule has 1 heterocycles. The van der Waals surface area contributed by atoms with Crippen LogP contribution in [-0.2, 0) is 4.74 Å². The molecule has 6 nitrogen and oxygen atoms in total. The molecular weight excluding hydrogens is 256 g/mol. The minimum atomic E-state index is -0.575. The monoisotopic (exact) mass is 272 g/mol. The Morgan fingerprint density at radius 2 is 1.80 bits per heavy atom. The summed E-state index contributed by atoms with van der Waals surface area (Å²) >= 11 is 0. The highest BCUT2D eigenvalue weighted by Gasteiger charge is 2.04. The van der Waals surface area contributed by atoms with E-state index in [1.54, 1.807) is 12.1 Å². The Labute approximate surface area is 117 Å². The standard InChI is InChI=1S/C14H16N4O2/c1-9-4-5-10(2)11(8-9)15-12-6-7-13(18-17-12)16-14(19)20-3/h4-8H,1-3H3,(H,15,17)(H,16,18,19). The molecule has 0 bridgehead atoms. The predicted octanol–water partition coefficient (Wildman–Crippen LogP) is 3.02. The van der Waals surface area contributed by atoms with Crippen LogP contribution in [0, 0.1) is 13.8 Å². The Balaban J connectivity index is 2.10. The van der Waals surface area contributed by atoms with Crippen molar-refractivity contribution >= 4 is 23.4 Å². The Morgan fingerprint density at radius 1 is 1.10 bits per heavy atom. The van der Waals surface area contributed by atoms with E-state index in [0.29, 0.717) is 11.6 Å². The highest BCUT2D eigenvalue weighted by atomic mass is 16.5. The van der Waals surface area contributed by atoms with Gasteiger partial charge < -0.3 is 10.1 Å². The van der Waals surface area contributed by atoms with Crippen LogP contribution in [0.25, 0.3) is 0 Å². The molecule has 1 aromatic carbocycles. The fourth-order valence-electron chi connectivity index (χ4n) is 1.63. The molecule has 0 aliphatic heterocycles. The number of ether oxygens (including phenoxy) is 1. The molecule has 104 valence electrons. The average Bonchev–Trinajstić information content (AvgIpc) is 2.45. The second kappa shape index (κ2) is 6.01. The zero-order valence-electron chi connectivity index (χ0n) is 11.6. The number of aryl methyl sites for hydroxylation is 2. The van der Waals surface area contributed by atoms with E-state index in [-0.39, 0.29) is 0 Å². The van der Waals surface area contributed by atoms with E-state index in [4.69, 9.17) is 0 Å². The molecule has 1 aromatic heterocycles. The normalized spacial score (nSPS) is 9.95. The van der Waals surface area contributed by atoms with Gasteiger partial charge in [-0.2, -0.15) is 0 Å². The van der Waals surface area contributed by atoms with Gasteiger partial charge in [0.05, 0.1) is 7.11 Å². The van der Waals surface area contributed by atoms with Crippen molar-refractivity contribution in [1.82, 2.24) is 10.2 Å². The van der Waals surface area contributed by atoms with Gasteiger partial charge in [-0.3, -0.25) is 5.32 Å². The van der Waals surface area contributed by atoms with Crippen LogP contribution in [0.1, 0.15) is 11.1 Å². The molecule has 0 aliphatic carbocycles. The summed E-state index contributed by atoms with van der Waals surface area (Å²) in [6.45, 7) is 4.04. The molecule has 2 N–H and O–H groups in total. The molecule has 0 radical (unpaired) electrons. The van der Waals surface area contributed by atoms with Crippen LogP contribution in [0.3, 0.4) is 0 Å². The number of anilines is 3. The van der Waals surface area contributed by atoms with E-state index < -0.39 is 6.09 Å². The zero-order chi connectivity index (χ0) is 14.5. The van der Waals surface area contributed by atoms with E-state index in [0.717, 1.165) is 16.8 Å². The number of amides is 1. The summed E-state index contributed by atoms with van der Waals surface area (Å²) in [6, 6.07) is 9.52. The Morgan fingerprint density at radius 3 is 2.45 bits per heavy atom. The van der Waals surface area contributed by atoms with Gasteiger partial charge in [0.15, 0.2) is 11.6 Å². The molecule has 0 aliphatic rings. The van der Waals surface area contributed by atoms with Gasteiger partial charge in [-0.1, -0.05) is 12.1 Å². The number of carbonyl (C=O) groups is 1. The largest absolute Gasteiger partial charge is 0.453 e. The molecule has 20 heavy (non-hydrogen) atoms. The maximum absolute atomic E-state index is 11.0. The second-order valence-corrected chi connectivity index (χ2v) is 4.36. The van der Waals surface area contributed by atoms with Crippen LogP contribution in [0.2, 0.25) is 0 Å². The van der Waals surface area contributed by atoms with Crippen molar-refractivity contribution in [1.29, 1.82) is 0 Å². The number of benzene rings is 1. The number of methoxy groups -OCH3 is 1. The molecule has 0 unspecified atom stereocenters. The van der Waals surface area contributed by atoms with Crippen LogP contribution in [0.5, 0.6) is 0 Å². The SMILES string of the molecule is COC(=O)Nc1ccc(Nc2cc(C)ccc2C)nn1. The number of nitrogens with zero attached hydrogens (tertiary/aromatic N) is 2. The predicted molar refractivity (Wildman–Crippen MR) is 77.3 cm³/mol. The van der Waals surface area contributed by atoms with Crippen molar-refractivity contribution in [3.05, 3.63) is 41.5 Å². The zero-order valence-corrected chi connectivity index (χ0v) is 11.6. The summed E-state index contributed by atoms with van der Waals surface area (Å²) < 4.78 is 4.48. The summed E-state index contributed by atoms with van der Waals surface area (Å²) in [5.74, 6) is 0.942. The van der Waals surface area contributed by atoms with Crippen LogP contribution >= 0.6 is 0 Å². The number of rotatable bonds is 3. The van der Waals surface area contributed by atoms with E-state index >= 15 is 0 Å². The summed E-state index contributed by atoms with van der Waals surface area (Å²) in [5.41, 5.74) is 3.26. The van der Waals surface area contributed by atoms with E-state index in [9.17, 15) is 4.79 Å². The molecule has 0 saturated heterocycles. The molecule has 1 amide bonds. The lowest BCUT2D eigenvalue weighted by atomic mass is 10.1. The molecule has 2 aromatic rings. The Kier molecular flexibility index (Phi) is 4.14. The quantitative estimate of drug-likeness (QED) is 0.898. The first kappa shape index (κ1) is 13.8. The highest BCUT2D eigenvalue weighted by Crippen LogP contribution is 2.20. The van der Waals surface area contributed by atoms with Crippen molar-refractivity contribution in [3.63, 3.8) is 0 Å². The first-order chi connectivity index (χ1) is 9.58. The maximum atomic E-state index is 11.0. The van der Waals surface area contributed by atoms with Crippen molar-refractivity contribution < 1.29 is 9.53 Å². The first-order valence-electron chi connectivity index (χ1n) is 6.11. The van der Waals surface area contributed by atoms with Gasteiger partial charge in [0.2, 0.25) is 0 Å². The van der Waals surface area contributed by atoms with Crippen molar-refractivity contribution in [2.24, 2.45) is 0 Å². The maximum Gasteiger partial charge on any atom is 0.412 e. The van der Waals surface area contributed by atoms with E-state index in [1.165, 1.54) is 7.11 Å². The number of hydrogen-bond acceptors (Lipinski definition) is 5. The van der Waals surface area contributed by atoms with Gasteiger partial charge >= 0.3 is 6.09 Å². The van der Waals surface area contributed by atoms with E-state index in [2.05, 4.69) is 31.6 Å². The van der Waals surface area contributed by atoms with E-state index in [1.807, 2.05) is 26.0 Å². The number of carbonyl (C=O) groups excluding carboxylic acids is 1. The number of nitrogens with one attached hydrogen (secondary N) is 2.